The van der Waals surface area contributed by atoms with E-state index in [2.05, 4.69) is 0 Å². The minimum absolute atomic E-state index is 0. The predicted octanol–water partition coefficient (Wildman–Crippen LogP) is -2.80. The number of aryl methyl sites for hydroxylation is 1. The highest BCUT2D eigenvalue weighted by atomic mass is 79.9. The molecule has 1 aromatic rings. The topological polar surface area (TPSA) is 61.4 Å². The van der Waals surface area contributed by atoms with Crippen molar-refractivity contribution < 1.29 is 40.6 Å². The van der Waals surface area contributed by atoms with Crippen LogP contribution in [-0.4, -0.2) is 29.2 Å². The van der Waals surface area contributed by atoms with E-state index in [1.165, 1.54) is 6.92 Å². The van der Waals surface area contributed by atoms with Gasteiger partial charge in [0.2, 0.25) is 6.33 Å². The summed E-state index contributed by atoms with van der Waals surface area (Å²) in [5.41, 5.74) is 0. The van der Waals surface area contributed by atoms with Crippen LogP contribution in [0, 0.1) is 0 Å². The van der Waals surface area contributed by atoms with Crippen molar-refractivity contribution in [2.75, 3.05) is 6.61 Å². The number of rotatable bonds is 6. The molecule has 0 aliphatic carbocycles. The average Bonchev–Trinajstić information content (AvgIpc) is 2.71. The van der Waals surface area contributed by atoms with Crippen molar-refractivity contribution in [3.63, 3.8) is 0 Å². The SMILES string of the molecule is CCCOC(=O)C(C)OC(=O)C[n+]1ccn(C)c1.[Br-]. The highest BCUT2D eigenvalue weighted by molar-refractivity contribution is 5.78. The van der Waals surface area contributed by atoms with E-state index in [0.717, 1.165) is 6.42 Å². The Morgan fingerprint density at radius 2 is 2.11 bits per heavy atom. The number of carbonyl (C=O) groups is 2. The van der Waals surface area contributed by atoms with Gasteiger partial charge in [-0.3, -0.25) is 0 Å². The first-order valence-corrected chi connectivity index (χ1v) is 5.90. The van der Waals surface area contributed by atoms with Crippen molar-refractivity contribution in [1.29, 1.82) is 0 Å². The van der Waals surface area contributed by atoms with Crippen molar-refractivity contribution in [2.45, 2.75) is 32.9 Å². The van der Waals surface area contributed by atoms with E-state index in [1.807, 2.05) is 24.7 Å². The van der Waals surface area contributed by atoms with Crippen LogP contribution in [0.25, 0.3) is 0 Å². The predicted molar refractivity (Wildman–Crippen MR) is 62.4 cm³/mol. The van der Waals surface area contributed by atoms with E-state index >= 15 is 0 Å². The smallest absolute Gasteiger partial charge is 0.349 e. The summed E-state index contributed by atoms with van der Waals surface area (Å²) in [5.74, 6) is -0.976. The second-order valence-corrected chi connectivity index (χ2v) is 4.05. The third-order valence-corrected chi connectivity index (χ3v) is 2.22. The Kier molecular flexibility index (Phi) is 8.06. The maximum atomic E-state index is 11.6. The van der Waals surface area contributed by atoms with E-state index in [4.69, 9.17) is 9.47 Å². The molecule has 0 bridgehead atoms. The van der Waals surface area contributed by atoms with E-state index < -0.39 is 18.0 Å². The van der Waals surface area contributed by atoms with E-state index in [1.54, 1.807) is 17.1 Å². The molecule has 19 heavy (non-hydrogen) atoms. The molecule has 0 N–H and O–H groups in total. The molecule has 0 spiro atoms. The Bertz CT molecular complexity index is 420. The maximum absolute atomic E-state index is 11.6. The van der Waals surface area contributed by atoms with Gasteiger partial charge in [-0.2, -0.15) is 0 Å². The van der Waals surface area contributed by atoms with Gasteiger partial charge in [-0.05, 0) is 13.3 Å². The van der Waals surface area contributed by atoms with Crippen LogP contribution in [0.4, 0.5) is 0 Å². The van der Waals surface area contributed by atoms with Crippen LogP contribution in [0.1, 0.15) is 20.3 Å². The molecule has 0 aliphatic heterocycles. The summed E-state index contributed by atoms with van der Waals surface area (Å²) in [5, 5.41) is 0. The summed E-state index contributed by atoms with van der Waals surface area (Å²) in [6, 6.07) is 0. The summed E-state index contributed by atoms with van der Waals surface area (Å²) in [6.45, 7) is 3.82. The third kappa shape index (κ3) is 6.37. The molecule has 108 valence electrons. The standard InChI is InChI=1S/C12H19N2O4.BrH/c1-4-7-17-12(16)10(2)18-11(15)8-14-6-5-13(3)9-14;/h5-6,9-10H,4,7-8H2,1-3H3;1H/q+1;/p-1. The summed E-state index contributed by atoms with van der Waals surface area (Å²) in [4.78, 5) is 22.9. The molecule has 0 saturated carbocycles. The quantitative estimate of drug-likeness (QED) is 0.416. The van der Waals surface area contributed by atoms with Gasteiger partial charge in [0, 0.05) is 0 Å². The summed E-state index contributed by atoms with van der Waals surface area (Å²) < 4.78 is 13.3. The second-order valence-electron chi connectivity index (χ2n) is 4.05. The Labute approximate surface area is 123 Å². The number of ether oxygens (including phenoxy) is 2. The lowest BCUT2D eigenvalue weighted by molar-refractivity contribution is -0.685. The maximum Gasteiger partial charge on any atom is 0.349 e. The first-order chi connectivity index (χ1) is 8.52. The van der Waals surface area contributed by atoms with Gasteiger partial charge >= 0.3 is 11.9 Å². The molecule has 6 nitrogen and oxygen atoms in total. The normalized spacial score (nSPS) is 11.3. The minimum atomic E-state index is -0.867. The van der Waals surface area contributed by atoms with Crippen LogP contribution < -0.4 is 21.5 Å². The Balaban J connectivity index is 0.00000324. The monoisotopic (exact) mass is 334 g/mol. The Morgan fingerprint density at radius 3 is 2.63 bits per heavy atom. The molecule has 0 aliphatic rings. The molecular formula is C12H19BrN2O4. The van der Waals surface area contributed by atoms with Gasteiger partial charge in [0.25, 0.3) is 0 Å². The summed E-state index contributed by atoms with van der Waals surface area (Å²) in [7, 11) is 1.85. The summed E-state index contributed by atoms with van der Waals surface area (Å²) >= 11 is 0. The highest BCUT2D eigenvalue weighted by Gasteiger charge is 2.20. The zero-order chi connectivity index (χ0) is 13.5. The molecule has 1 heterocycles. The van der Waals surface area contributed by atoms with Crippen LogP contribution in [0.2, 0.25) is 0 Å². The lowest BCUT2D eigenvalue weighted by Gasteiger charge is -2.11. The van der Waals surface area contributed by atoms with Crippen molar-refractivity contribution >= 4 is 11.9 Å². The summed E-state index contributed by atoms with van der Waals surface area (Å²) in [6.07, 6.45) is 5.19. The van der Waals surface area contributed by atoms with Gasteiger partial charge in [0.05, 0.1) is 13.7 Å². The van der Waals surface area contributed by atoms with Crippen LogP contribution in [-0.2, 0) is 32.7 Å². The van der Waals surface area contributed by atoms with Gasteiger partial charge in [-0.15, -0.1) is 0 Å². The molecule has 1 aromatic heterocycles. The third-order valence-electron chi connectivity index (χ3n) is 2.22. The van der Waals surface area contributed by atoms with E-state index in [-0.39, 0.29) is 23.5 Å². The van der Waals surface area contributed by atoms with Crippen molar-refractivity contribution in [2.24, 2.45) is 7.05 Å². The minimum Gasteiger partial charge on any atom is -1.00 e. The fourth-order valence-electron chi connectivity index (χ4n) is 1.35. The zero-order valence-corrected chi connectivity index (χ0v) is 12.9. The Morgan fingerprint density at radius 1 is 1.42 bits per heavy atom. The van der Waals surface area contributed by atoms with Crippen LogP contribution in [0.3, 0.4) is 0 Å². The van der Waals surface area contributed by atoms with Gasteiger partial charge in [-0.25, -0.2) is 18.7 Å². The van der Waals surface area contributed by atoms with Crippen LogP contribution >= 0.6 is 0 Å². The fraction of sp³-hybridized carbons (Fsp3) is 0.583. The number of aromatic nitrogens is 2. The molecule has 1 atom stereocenters. The van der Waals surface area contributed by atoms with Crippen molar-refractivity contribution in [3.8, 4) is 0 Å². The Hall–Kier alpha value is -1.37. The van der Waals surface area contributed by atoms with Gasteiger partial charge in [0.15, 0.2) is 12.6 Å². The molecule has 0 radical (unpaired) electrons. The van der Waals surface area contributed by atoms with Crippen molar-refractivity contribution in [3.05, 3.63) is 18.7 Å². The number of carbonyl (C=O) groups excluding carboxylic acids is 2. The number of hydrogen-bond donors (Lipinski definition) is 0. The number of halogens is 1. The lowest BCUT2D eigenvalue weighted by Crippen LogP contribution is -3.00. The number of imidazole rings is 1. The van der Waals surface area contributed by atoms with Gasteiger partial charge in [-0.1, -0.05) is 6.92 Å². The second kappa shape index (κ2) is 8.68. The van der Waals surface area contributed by atoms with Crippen molar-refractivity contribution in [1.82, 2.24) is 4.57 Å². The largest absolute Gasteiger partial charge is 1.00 e. The van der Waals surface area contributed by atoms with Gasteiger partial charge in [0.1, 0.15) is 12.4 Å². The number of esters is 2. The molecule has 7 heteroatoms. The van der Waals surface area contributed by atoms with Gasteiger partial charge < -0.3 is 26.5 Å². The molecule has 0 saturated heterocycles. The molecule has 1 rings (SSSR count). The molecular weight excluding hydrogens is 316 g/mol. The highest BCUT2D eigenvalue weighted by Crippen LogP contribution is 1.96. The molecule has 0 fully saturated rings. The lowest BCUT2D eigenvalue weighted by atomic mass is 10.4. The van der Waals surface area contributed by atoms with E-state index in [0.29, 0.717) is 6.61 Å². The first-order valence-electron chi connectivity index (χ1n) is 5.90. The van der Waals surface area contributed by atoms with Crippen LogP contribution in [0.15, 0.2) is 18.7 Å². The molecule has 0 amide bonds. The number of hydrogen-bond acceptors (Lipinski definition) is 4. The number of nitrogens with zero attached hydrogens (tertiary/aromatic N) is 2. The van der Waals surface area contributed by atoms with Crippen LogP contribution in [0.5, 0.6) is 0 Å². The molecule has 0 aromatic carbocycles. The zero-order valence-electron chi connectivity index (χ0n) is 11.3. The fourth-order valence-corrected chi connectivity index (χ4v) is 1.35. The first kappa shape index (κ1) is 17.6. The van der Waals surface area contributed by atoms with E-state index in [9.17, 15) is 9.59 Å². The molecule has 1 unspecified atom stereocenters. The average molecular weight is 335 g/mol.